The highest BCUT2D eigenvalue weighted by Crippen LogP contribution is 2.24. The number of hydrogen-bond acceptors (Lipinski definition) is 3. The summed E-state index contributed by atoms with van der Waals surface area (Å²) in [7, 11) is 0. The van der Waals surface area contributed by atoms with Crippen molar-refractivity contribution in [3.05, 3.63) is 35.4 Å². The number of benzene rings is 1. The normalized spacial score (nSPS) is 20.6. The Labute approximate surface area is 141 Å². The zero-order valence-corrected chi connectivity index (χ0v) is 14.1. The summed E-state index contributed by atoms with van der Waals surface area (Å²) in [4.78, 5) is 14.1. The summed E-state index contributed by atoms with van der Waals surface area (Å²) in [6, 6.07) is 3.11. The lowest BCUT2D eigenvalue weighted by molar-refractivity contribution is -0.141. The molecule has 2 N–H and O–H groups in total. The molecule has 0 spiro atoms. The van der Waals surface area contributed by atoms with Crippen LogP contribution in [0, 0.1) is 17.6 Å². The van der Waals surface area contributed by atoms with E-state index in [2.05, 4.69) is 0 Å². The third-order valence-electron chi connectivity index (χ3n) is 4.24. The van der Waals surface area contributed by atoms with Crippen molar-refractivity contribution in [2.24, 2.45) is 11.7 Å². The van der Waals surface area contributed by atoms with Gasteiger partial charge in [0.05, 0.1) is 19.2 Å². The van der Waals surface area contributed by atoms with E-state index in [4.69, 9.17) is 10.5 Å². The number of carbonyl (C=O) groups excluding carboxylic acids is 1. The van der Waals surface area contributed by atoms with Gasteiger partial charge in [0.15, 0.2) is 11.6 Å². The van der Waals surface area contributed by atoms with Crippen LogP contribution in [0.2, 0.25) is 0 Å². The number of rotatable bonds is 4. The van der Waals surface area contributed by atoms with Gasteiger partial charge in [-0.05, 0) is 23.6 Å². The van der Waals surface area contributed by atoms with E-state index in [9.17, 15) is 13.6 Å². The van der Waals surface area contributed by atoms with Crippen LogP contribution >= 0.6 is 12.4 Å². The molecule has 130 valence electrons. The second-order valence-corrected chi connectivity index (χ2v) is 5.73. The molecule has 2 rings (SSSR count). The average molecular weight is 349 g/mol. The molecule has 1 aliphatic rings. The number of carbonyl (C=O) groups is 1. The average Bonchev–Trinajstić information content (AvgIpc) is 2.55. The summed E-state index contributed by atoms with van der Waals surface area (Å²) in [5, 5.41) is 0. The van der Waals surface area contributed by atoms with Crippen molar-refractivity contribution < 1.29 is 18.3 Å². The number of halogens is 3. The minimum Gasteiger partial charge on any atom is -0.370 e. The van der Waals surface area contributed by atoms with Gasteiger partial charge in [-0.25, -0.2) is 8.78 Å². The SMILES string of the molecule is CCC(C)C(N)C(=O)N1CCOC(c2ccc(F)c(F)c2)C1.Cl. The van der Waals surface area contributed by atoms with Crippen LogP contribution in [0.4, 0.5) is 8.78 Å². The minimum atomic E-state index is -0.916. The van der Waals surface area contributed by atoms with Crippen LogP contribution < -0.4 is 5.73 Å². The van der Waals surface area contributed by atoms with Gasteiger partial charge in [0.25, 0.3) is 0 Å². The zero-order chi connectivity index (χ0) is 16.3. The second kappa shape index (κ2) is 8.57. The Hall–Kier alpha value is -1.24. The lowest BCUT2D eigenvalue weighted by Gasteiger charge is -2.35. The van der Waals surface area contributed by atoms with Crippen molar-refractivity contribution in [3.63, 3.8) is 0 Å². The van der Waals surface area contributed by atoms with Crippen LogP contribution in [0.25, 0.3) is 0 Å². The Bertz CT molecular complexity index is 545. The van der Waals surface area contributed by atoms with E-state index >= 15 is 0 Å². The van der Waals surface area contributed by atoms with Gasteiger partial charge in [-0.2, -0.15) is 0 Å². The maximum atomic E-state index is 13.3. The van der Waals surface area contributed by atoms with Crippen molar-refractivity contribution in [1.82, 2.24) is 4.90 Å². The Morgan fingerprint density at radius 2 is 2.13 bits per heavy atom. The van der Waals surface area contributed by atoms with Crippen molar-refractivity contribution in [3.8, 4) is 0 Å². The summed E-state index contributed by atoms with van der Waals surface area (Å²) in [5.41, 5.74) is 6.51. The zero-order valence-electron chi connectivity index (χ0n) is 13.3. The predicted octanol–water partition coefficient (Wildman–Crippen LogP) is 2.66. The molecule has 0 aliphatic carbocycles. The molecule has 1 amide bonds. The van der Waals surface area contributed by atoms with E-state index in [0.717, 1.165) is 18.6 Å². The third kappa shape index (κ3) is 4.62. The molecule has 0 bridgehead atoms. The highest BCUT2D eigenvalue weighted by atomic mass is 35.5. The maximum absolute atomic E-state index is 13.3. The summed E-state index contributed by atoms with van der Waals surface area (Å²) < 4.78 is 31.9. The van der Waals surface area contributed by atoms with Gasteiger partial charge in [0, 0.05) is 6.54 Å². The smallest absolute Gasteiger partial charge is 0.239 e. The van der Waals surface area contributed by atoms with Crippen LogP contribution in [0.15, 0.2) is 18.2 Å². The van der Waals surface area contributed by atoms with Crippen LogP contribution in [-0.4, -0.2) is 36.5 Å². The van der Waals surface area contributed by atoms with Crippen LogP contribution in [0.3, 0.4) is 0 Å². The molecule has 4 nitrogen and oxygen atoms in total. The molecule has 0 saturated carbocycles. The van der Waals surface area contributed by atoms with E-state index in [1.54, 1.807) is 4.90 Å². The molecule has 0 aromatic heterocycles. The van der Waals surface area contributed by atoms with Crippen molar-refractivity contribution >= 4 is 18.3 Å². The van der Waals surface area contributed by atoms with E-state index in [0.29, 0.717) is 25.3 Å². The fourth-order valence-corrected chi connectivity index (χ4v) is 2.47. The van der Waals surface area contributed by atoms with Gasteiger partial charge in [0.2, 0.25) is 5.91 Å². The Morgan fingerprint density at radius 1 is 1.43 bits per heavy atom. The lowest BCUT2D eigenvalue weighted by Crippen LogP contribution is -2.51. The van der Waals surface area contributed by atoms with E-state index in [1.807, 2.05) is 13.8 Å². The van der Waals surface area contributed by atoms with Gasteiger partial charge < -0.3 is 15.4 Å². The summed E-state index contributed by atoms with van der Waals surface area (Å²) >= 11 is 0. The molecule has 23 heavy (non-hydrogen) atoms. The van der Waals surface area contributed by atoms with Gasteiger partial charge in [-0.1, -0.05) is 26.3 Å². The minimum absolute atomic E-state index is 0. The molecule has 1 saturated heterocycles. The fourth-order valence-electron chi connectivity index (χ4n) is 2.47. The van der Waals surface area contributed by atoms with Crippen LogP contribution in [-0.2, 0) is 9.53 Å². The molecule has 1 fully saturated rings. The van der Waals surface area contributed by atoms with Crippen molar-refractivity contribution in [2.45, 2.75) is 32.4 Å². The Kier molecular flexibility index (Phi) is 7.38. The number of nitrogens with zero attached hydrogens (tertiary/aromatic N) is 1. The quantitative estimate of drug-likeness (QED) is 0.910. The second-order valence-electron chi connectivity index (χ2n) is 5.73. The highest BCUT2D eigenvalue weighted by molar-refractivity contribution is 5.85. The van der Waals surface area contributed by atoms with Crippen molar-refractivity contribution in [1.29, 1.82) is 0 Å². The molecule has 0 radical (unpaired) electrons. The largest absolute Gasteiger partial charge is 0.370 e. The Balaban J connectivity index is 0.00000264. The summed E-state index contributed by atoms with van der Waals surface area (Å²) in [6.07, 6.45) is 0.362. The first kappa shape index (κ1) is 19.8. The molecule has 1 aromatic carbocycles. The molecule has 1 aliphatic heterocycles. The summed E-state index contributed by atoms with van der Waals surface area (Å²) in [5.74, 6) is -1.84. The van der Waals surface area contributed by atoms with E-state index in [1.165, 1.54) is 6.07 Å². The van der Waals surface area contributed by atoms with E-state index in [-0.39, 0.29) is 24.2 Å². The van der Waals surface area contributed by atoms with Gasteiger partial charge in [0.1, 0.15) is 6.10 Å². The topological polar surface area (TPSA) is 55.6 Å². The third-order valence-corrected chi connectivity index (χ3v) is 4.24. The lowest BCUT2D eigenvalue weighted by atomic mass is 9.98. The molecule has 7 heteroatoms. The van der Waals surface area contributed by atoms with Crippen LogP contribution in [0.5, 0.6) is 0 Å². The predicted molar refractivity (Wildman–Crippen MR) is 86.3 cm³/mol. The van der Waals surface area contributed by atoms with E-state index < -0.39 is 23.8 Å². The number of nitrogens with two attached hydrogens (primary N) is 1. The number of morpholine rings is 1. The highest BCUT2D eigenvalue weighted by Gasteiger charge is 2.30. The van der Waals surface area contributed by atoms with Crippen molar-refractivity contribution in [2.75, 3.05) is 19.7 Å². The maximum Gasteiger partial charge on any atom is 0.239 e. The van der Waals surface area contributed by atoms with Gasteiger partial charge in [-0.3, -0.25) is 4.79 Å². The molecular weight excluding hydrogens is 326 g/mol. The molecule has 3 unspecified atom stereocenters. The molecule has 1 heterocycles. The molecule has 1 aromatic rings. The monoisotopic (exact) mass is 348 g/mol. The van der Waals surface area contributed by atoms with Gasteiger partial charge in [-0.15, -0.1) is 12.4 Å². The summed E-state index contributed by atoms with van der Waals surface area (Å²) in [6.45, 7) is 5.04. The molecule has 3 atom stereocenters. The number of ether oxygens (including phenoxy) is 1. The first-order chi connectivity index (χ1) is 10.4. The number of hydrogen-bond donors (Lipinski definition) is 1. The number of amides is 1. The standard InChI is InChI=1S/C16H22F2N2O2.ClH/c1-3-10(2)15(19)16(21)20-6-7-22-14(9-20)11-4-5-12(17)13(18)8-11;/h4-5,8,10,14-15H,3,6-7,9,19H2,1-2H3;1H. The first-order valence-electron chi connectivity index (χ1n) is 7.55. The van der Waals surface area contributed by atoms with Gasteiger partial charge >= 0.3 is 0 Å². The van der Waals surface area contributed by atoms with Crippen LogP contribution in [0.1, 0.15) is 31.9 Å². The Morgan fingerprint density at radius 3 is 2.74 bits per heavy atom. The first-order valence-corrected chi connectivity index (χ1v) is 7.55. The molecular formula is C16H23ClF2N2O2. The fraction of sp³-hybridized carbons (Fsp3) is 0.562.